The Labute approximate surface area is 167 Å². The number of anilines is 2. The monoisotopic (exact) mass is 392 g/mol. The van der Waals surface area contributed by atoms with E-state index in [9.17, 15) is 14.4 Å². The molecule has 0 radical (unpaired) electrons. The van der Waals surface area contributed by atoms with Crippen molar-refractivity contribution in [2.24, 2.45) is 23.7 Å². The molecule has 1 aliphatic heterocycles. The highest BCUT2D eigenvalue weighted by atomic mass is 35.5. The number of benzene rings is 2. The van der Waals surface area contributed by atoms with E-state index in [2.05, 4.69) is 17.5 Å². The first-order valence-electron chi connectivity index (χ1n) is 9.26. The summed E-state index contributed by atoms with van der Waals surface area (Å²) in [5, 5.41) is 3.04. The first-order chi connectivity index (χ1) is 13.5. The minimum atomic E-state index is -0.277. The Morgan fingerprint density at radius 1 is 0.964 bits per heavy atom. The van der Waals surface area contributed by atoms with Gasteiger partial charge < -0.3 is 5.32 Å². The van der Waals surface area contributed by atoms with Gasteiger partial charge in [0.25, 0.3) is 5.91 Å². The summed E-state index contributed by atoms with van der Waals surface area (Å²) < 4.78 is 0. The van der Waals surface area contributed by atoms with Crippen LogP contribution in [0.3, 0.4) is 0 Å². The highest BCUT2D eigenvalue weighted by Crippen LogP contribution is 2.53. The third-order valence-electron chi connectivity index (χ3n) is 5.97. The molecule has 5 rings (SSSR count). The molecule has 6 heteroatoms. The Bertz CT molecular complexity index is 1000. The lowest BCUT2D eigenvalue weighted by Gasteiger charge is -2.18. The maximum absolute atomic E-state index is 12.9. The fourth-order valence-corrected chi connectivity index (χ4v) is 4.91. The molecule has 3 amide bonds. The molecular formula is C22H17ClN2O3. The van der Waals surface area contributed by atoms with Gasteiger partial charge in [-0.1, -0.05) is 42.0 Å². The van der Waals surface area contributed by atoms with E-state index in [1.807, 2.05) is 6.07 Å². The first kappa shape index (κ1) is 17.2. The van der Waals surface area contributed by atoms with Gasteiger partial charge in [0.2, 0.25) is 11.8 Å². The standard InChI is InChI=1S/C22H17ClN2O3/c23-16-11-15(8-9-17(16)24-20(26)12-4-2-1-3-5-12)25-21(27)18-13-6-7-14(10-13)19(18)22(25)28/h1-9,11,13-14,18-19H,10H2,(H,24,26)/t13-,14-,18-,19+/m0/s1. The van der Waals surface area contributed by atoms with Gasteiger partial charge in [0, 0.05) is 5.56 Å². The average Bonchev–Trinajstić information content (AvgIpc) is 3.38. The normalized spacial score (nSPS) is 27.4. The van der Waals surface area contributed by atoms with Crippen LogP contribution in [-0.2, 0) is 9.59 Å². The Balaban J connectivity index is 1.39. The van der Waals surface area contributed by atoms with Crippen molar-refractivity contribution in [2.75, 3.05) is 10.2 Å². The molecule has 2 fully saturated rings. The SMILES string of the molecule is O=C(Nc1ccc(N2C(=O)[C@@H]3[C@H](C2=O)[C@H]2C=C[C@H]3C2)cc1Cl)c1ccccc1. The van der Waals surface area contributed by atoms with Gasteiger partial charge in [-0.25, -0.2) is 4.90 Å². The van der Waals surface area contributed by atoms with Crippen LogP contribution in [0.5, 0.6) is 0 Å². The number of hydrogen-bond donors (Lipinski definition) is 1. The van der Waals surface area contributed by atoms with Crippen molar-refractivity contribution in [3.05, 3.63) is 71.3 Å². The molecule has 4 atom stereocenters. The van der Waals surface area contributed by atoms with Crippen molar-refractivity contribution in [3.63, 3.8) is 0 Å². The van der Waals surface area contributed by atoms with Gasteiger partial charge >= 0.3 is 0 Å². The Morgan fingerprint density at radius 3 is 2.21 bits per heavy atom. The quantitative estimate of drug-likeness (QED) is 0.636. The molecule has 2 aromatic rings. The summed E-state index contributed by atoms with van der Waals surface area (Å²) in [4.78, 5) is 39.4. The van der Waals surface area contributed by atoms with Crippen LogP contribution in [0.15, 0.2) is 60.7 Å². The molecule has 2 aromatic carbocycles. The number of allylic oxidation sites excluding steroid dienone is 2. The number of amides is 3. The van der Waals surface area contributed by atoms with Crippen LogP contribution in [0.4, 0.5) is 11.4 Å². The van der Waals surface area contributed by atoms with Gasteiger partial charge in [0.05, 0.1) is 28.2 Å². The van der Waals surface area contributed by atoms with Gasteiger partial charge in [-0.15, -0.1) is 0 Å². The van der Waals surface area contributed by atoms with Crippen LogP contribution < -0.4 is 10.2 Å². The lowest BCUT2D eigenvalue weighted by Crippen LogP contribution is -2.32. The van der Waals surface area contributed by atoms with E-state index in [1.54, 1.807) is 42.5 Å². The van der Waals surface area contributed by atoms with E-state index in [-0.39, 0.29) is 46.4 Å². The van der Waals surface area contributed by atoms with Gasteiger partial charge in [0.15, 0.2) is 0 Å². The number of nitrogens with zero attached hydrogens (tertiary/aromatic N) is 1. The van der Waals surface area contributed by atoms with E-state index in [1.165, 1.54) is 4.90 Å². The van der Waals surface area contributed by atoms with Crippen molar-refractivity contribution in [1.82, 2.24) is 0 Å². The molecule has 1 heterocycles. The molecule has 2 bridgehead atoms. The predicted molar refractivity (Wildman–Crippen MR) is 106 cm³/mol. The van der Waals surface area contributed by atoms with Gasteiger partial charge in [-0.3, -0.25) is 14.4 Å². The van der Waals surface area contributed by atoms with E-state index < -0.39 is 0 Å². The van der Waals surface area contributed by atoms with Crippen LogP contribution in [-0.4, -0.2) is 17.7 Å². The zero-order chi connectivity index (χ0) is 19.4. The number of carbonyl (C=O) groups excluding carboxylic acids is 3. The maximum atomic E-state index is 12.9. The zero-order valence-electron chi connectivity index (χ0n) is 14.8. The Kier molecular flexibility index (Phi) is 3.88. The van der Waals surface area contributed by atoms with Crippen molar-refractivity contribution in [3.8, 4) is 0 Å². The molecule has 5 nitrogen and oxygen atoms in total. The van der Waals surface area contributed by atoms with Crippen molar-refractivity contribution < 1.29 is 14.4 Å². The third kappa shape index (κ3) is 2.50. The highest BCUT2D eigenvalue weighted by molar-refractivity contribution is 6.34. The molecule has 140 valence electrons. The summed E-state index contributed by atoms with van der Waals surface area (Å²) in [5.74, 6) is -0.751. The predicted octanol–water partition coefficient (Wildman–Crippen LogP) is 3.90. The van der Waals surface area contributed by atoms with Crippen LogP contribution in [0.25, 0.3) is 0 Å². The molecule has 3 aliphatic rings. The molecule has 2 aliphatic carbocycles. The van der Waals surface area contributed by atoms with Gasteiger partial charge in [-0.2, -0.15) is 0 Å². The summed E-state index contributed by atoms with van der Waals surface area (Å²) in [6.45, 7) is 0. The van der Waals surface area contributed by atoms with Crippen LogP contribution >= 0.6 is 11.6 Å². The number of imide groups is 1. The Morgan fingerprint density at radius 2 is 1.61 bits per heavy atom. The molecule has 1 N–H and O–H groups in total. The molecule has 0 unspecified atom stereocenters. The molecule has 1 saturated carbocycles. The second-order valence-corrected chi connectivity index (χ2v) is 7.90. The summed E-state index contributed by atoms with van der Waals surface area (Å²) in [5.41, 5.74) is 1.40. The highest BCUT2D eigenvalue weighted by Gasteiger charge is 2.59. The van der Waals surface area contributed by atoms with E-state index in [0.717, 1.165) is 6.42 Å². The van der Waals surface area contributed by atoms with E-state index in [0.29, 0.717) is 16.9 Å². The third-order valence-corrected chi connectivity index (χ3v) is 6.28. The number of fused-ring (bicyclic) bond motifs is 5. The van der Waals surface area contributed by atoms with Crippen molar-refractivity contribution in [2.45, 2.75) is 6.42 Å². The minimum absolute atomic E-state index is 0.149. The summed E-state index contributed by atoms with van der Waals surface area (Å²) in [6, 6.07) is 13.7. The number of hydrogen-bond acceptors (Lipinski definition) is 3. The molecular weight excluding hydrogens is 376 g/mol. The number of nitrogens with one attached hydrogen (secondary N) is 1. The zero-order valence-corrected chi connectivity index (χ0v) is 15.6. The summed E-state index contributed by atoms with van der Waals surface area (Å²) in [6.07, 6.45) is 5.03. The fourth-order valence-electron chi connectivity index (χ4n) is 4.69. The Hall–Kier alpha value is -2.92. The van der Waals surface area contributed by atoms with Gasteiger partial charge in [-0.05, 0) is 48.6 Å². The van der Waals surface area contributed by atoms with Crippen LogP contribution in [0, 0.1) is 23.7 Å². The smallest absolute Gasteiger partial charge is 0.255 e. The van der Waals surface area contributed by atoms with E-state index in [4.69, 9.17) is 11.6 Å². The maximum Gasteiger partial charge on any atom is 0.255 e. The molecule has 1 saturated heterocycles. The number of rotatable bonds is 3. The molecule has 0 spiro atoms. The molecule has 28 heavy (non-hydrogen) atoms. The lowest BCUT2D eigenvalue weighted by molar-refractivity contribution is -0.123. The second-order valence-electron chi connectivity index (χ2n) is 7.50. The number of carbonyl (C=O) groups is 3. The largest absolute Gasteiger partial charge is 0.321 e. The fraction of sp³-hybridized carbons (Fsp3) is 0.227. The van der Waals surface area contributed by atoms with Crippen LogP contribution in [0.1, 0.15) is 16.8 Å². The first-order valence-corrected chi connectivity index (χ1v) is 9.64. The lowest BCUT2D eigenvalue weighted by atomic mass is 9.85. The summed E-state index contributed by atoms with van der Waals surface area (Å²) >= 11 is 6.35. The summed E-state index contributed by atoms with van der Waals surface area (Å²) in [7, 11) is 0. The van der Waals surface area contributed by atoms with Crippen molar-refractivity contribution >= 4 is 40.7 Å². The molecule has 0 aromatic heterocycles. The second kappa shape index (κ2) is 6.31. The van der Waals surface area contributed by atoms with Crippen molar-refractivity contribution in [1.29, 1.82) is 0 Å². The number of halogens is 1. The average molecular weight is 393 g/mol. The van der Waals surface area contributed by atoms with Crippen LogP contribution in [0.2, 0.25) is 5.02 Å². The van der Waals surface area contributed by atoms with Gasteiger partial charge in [0.1, 0.15) is 0 Å². The topological polar surface area (TPSA) is 66.5 Å². The van der Waals surface area contributed by atoms with E-state index >= 15 is 0 Å². The minimum Gasteiger partial charge on any atom is -0.321 e.